The van der Waals surface area contributed by atoms with Crippen molar-refractivity contribution in [2.45, 2.75) is 44.6 Å². The maximum absolute atomic E-state index is 12.1. The fourth-order valence-electron chi connectivity index (χ4n) is 4.71. The molecule has 0 aromatic heterocycles. The van der Waals surface area contributed by atoms with Gasteiger partial charge in [0.15, 0.2) is 11.5 Å². The number of aliphatic imine (C=N–C) groups is 1. The molecule has 1 saturated heterocycles. The Kier molecular flexibility index (Phi) is 6.80. The van der Waals surface area contributed by atoms with E-state index in [1.54, 1.807) is 14.2 Å². The summed E-state index contributed by atoms with van der Waals surface area (Å²) in [5, 5.41) is 2.99. The molecule has 2 atom stereocenters. The van der Waals surface area contributed by atoms with Crippen LogP contribution in [-0.4, -0.2) is 56.9 Å². The Morgan fingerprint density at radius 1 is 1.16 bits per heavy atom. The van der Waals surface area contributed by atoms with Gasteiger partial charge in [-0.2, -0.15) is 0 Å². The number of piperidine rings is 1. The maximum Gasteiger partial charge on any atom is 0.224 e. The molecule has 6 heteroatoms. The Morgan fingerprint density at radius 2 is 1.88 bits per heavy atom. The molecule has 170 valence electrons. The summed E-state index contributed by atoms with van der Waals surface area (Å²) in [6.45, 7) is 4.11. The minimum Gasteiger partial charge on any atom is -0.493 e. The molecular weight excluding hydrogens is 402 g/mol. The molecule has 1 fully saturated rings. The van der Waals surface area contributed by atoms with E-state index in [1.807, 2.05) is 24.3 Å². The first-order chi connectivity index (χ1) is 15.5. The van der Waals surface area contributed by atoms with Crippen LogP contribution in [0.15, 0.2) is 41.4 Å². The highest BCUT2D eigenvalue weighted by Gasteiger charge is 2.36. The molecule has 0 bridgehead atoms. The highest BCUT2D eigenvalue weighted by atomic mass is 16.5. The highest BCUT2D eigenvalue weighted by molar-refractivity contribution is 6.15. The molecule has 2 aromatic carbocycles. The van der Waals surface area contributed by atoms with Gasteiger partial charge in [0.2, 0.25) is 5.91 Å². The molecule has 2 aliphatic heterocycles. The standard InChI is InChI=1S/C26H33N3O3/c1-5-6-7-25(30)27-18-10-8-17(9-11-18)26-20-15-24(32-4)23(31-3)14-19(20)21-16-29(2)13-12-22(21)28-26/h8-11,14-15,21-22H,5-7,12-13,16H2,1-4H3,(H,27,30)/t21-,22-/m0/s1. The van der Waals surface area contributed by atoms with E-state index in [0.717, 1.165) is 60.6 Å². The van der Waals surface area contributed by atoms with E-state index in [-0.39, 0.29) is 11.9 Å². The van der Waals surface area contributed by atoms with Crippen molar-refractivity contribution in [3.63, 3.8) is 0 Å². The molecule has 0 spiro atoms. The summed E-state index contributed by atoms with van der Waals surface area (Å²) in [6.07, 6.45) is 3.50. The van der Waals surface area contributed by atoms with Gasteiger partial charge in [-0.25, -0.2) is 0 Å². The lowest BCUT2D eigenvalue weighted by molar-refractivity contribution is -0.116. The number of likely N-dealkylation sites (N-methyl/N-ethyl adjacent to an activating group) is 1. The molecule has 1 amide bonds. The van der Waals surface area contributed by atoms with Crippen LogP contribution in [0.2, 0.25) is 0 Å². The van der Waals surface area contributed by atoms with E-state index in [1.165, 1.54) is 5.56 Å². The number of nitrogens with zero attached hydrogens (tertiary/aromatic N) is 2. The van der Waals surface area contributed by atoms with Gasteiger partial charge in [-0.3, -0.25) is 9.79 Å². The quantitative estimate of drug-likeness (QED) is 0.697. The van der Waals surface area contributed by atoms with Crippen LogP contribution in [0.5, 0.6) is 11.5 Å². The lowest BCUT2D eigenvalue weighted by atomic mass is 9.79. The smallest absolute Gasteiger partial charge is 0.224 e. The molecule has 0 radical (unpaired) electrons. The van der Waals surface area contributed by atoms with Crippen LogP contribution in [0, 0.1) is 0 Å². The zero-order valence-electron chi connectivity index (χ0n) is 19.5. The number of rotatable bonds is 7. The van der Waals surface area contributed by atoms with Crippen LogP contribution in [-0.2, 0) is 4.79 Å². The molecule has 0 saturated carbocycles. The highest BCUT2D eigenvalue weighted by Crippen LogP contribution is 2.42. The Balaban J connectivity index is 1.69. The van der Waals surface area contributed by atoms with E-state index in [2.05, 4.69) is 36.3 Å². The summed E-state index contributed by atoms with van der Waals surface area (Å²) in [4.78, 5) is 19.7. The minimum atomic E-state index is 0.0611. The normalized spacial score (nSPS) is 20.1. The van der Waals surface area contributed by atoms with Gasteiger partial charge in [0, 0.05) is 35.7 Å². The number of nitrogens with one attached hydrogen (secondary N) is 1. The van der Waals surface area contributed by atoms with Crippen molar-refractivity contribution in [3.8, 4) is 11.5 Å². The number of hydrogen-bond donors (Lipinski definition) is 1. The first-order valence-corrected chi connectivity index (χ1v) is 11.5. The van der Waals surface area contributed by atoms with Crippen molar-refractivity contribution in [2.24, 2.45) is 4.99 Å². The van der Waals surface area contributed by atoms with Gasteiger partial charge in [-0.15, -0.1) is 0 Å². The number of hydrogen-bond acceptors (Lipinski definition) is 5. The van der Waals surface area contributed by atoms with Crippen LogP contribution in [0.4, 0.5) is 5.69 Å². The number of ether oxygens (including phenoxy) is 2. The van der Waals surface area contributed by atoms with Crippen LogP contribution >= 0.6 is 0 Å². The number of benzene rings is 2. The summed E-state index contributed by atoms with van der Waals surface area (Å²) >= 11 is 0. The first-order valence-electron chi connectivity index (χ1n) is 11.5. The van der Waals surface area contributed by atoms with Gasteiger partial charge in [-0.05, 0) is 56.3 Å². The number of unbranched alkanes of at least 4 members (excludes halogenated alkanes) is 1. The maximum atomic E-state index is 12.1. The molecule has 0 unspecified atom stereocenters. The molecule has 4 rings (SSSR count). The SMILES string of the molecule is CCCCC(=O)Nc1ccc(C2=N[C@H]3CCN(C)C[C@H]3c3cc(OC)c(OC)cc32)cc1. The molecule has 0 aliphatic carbocycles. The second-order valence-electron chi connectivity index (χ2n) is 8.73. The summed E-state index contributed by atoms with van der Waals surface area (Å²) in [5.74, 6) is 1.86. The van der Waals surface area contributed by atoms with Gasteiger partial charge in [0.1, 0.15) is 0 Å². The zero-order valence-corrected chi connectivity index (χ0v) is 19.5. The average molecular weight is 436 g/mol. The van der Waals surface area contributed by atoms with E-state index in [0.29, 0.717) is 18.1 Å². The fraction of sp³-hybridized carbons (Fsp3) is 0.462. The van der Waals surface area contributed by atoms with Gasteiger partial charge in [-0.1, -0.05) is 25.5 Å². The predicted molar refractivity (Wildman–Crippen MR) is 128 cm³/mol. The summed E-state index contributed by atoms with van der Waals surface area (Å²) in [6, 6.07) is 12.4. The van der Waals surface area contributed by atoms with Crippen LogP contribution in [0.3, 0.4) is 0 Å². The largest absolute Gasteiger partial charge is 0.493 e. The average Bonchev–Trinajstić information content (AvgIpc) is 2.82. The number of carbonyl (C=O) groups excluding carboxylic acids is 1. The summed E-state index contributed by atoms with van der Waals surface area (Å²) in [5.41, 5.74) is 5.20. The van der Waals surface area contributed by atoms with E-state index >= 15 is 0 Å². The van der Waals surface area contributed by atoms with Gasteiger partial charge >= 0.3 is 0 Å². The molecule has 2 heterocycles. The Bertz CT molecular complexity index is 1000. The Hall–Kier alpha value is -2.86. The van der Waals surface area contributed by atoms with Crippen LogP contribution in [0.1, 0.15) is 55.2 Å². The number of fused-ring (bicyclic) bond motifs is 3. The third-order valence-electron chi connectivity index (χ3n) is 6.48. The van der Waals surface area contributed by atoms with E-state index in [9.17, 15) is 4.79 Å². The molecular formula is C26H33N3O3. The van der Waals surface area contributed by atoms with Crippen molar-refractivity contribution in [2.75, 3.05) is 39.7 Å². The van der Waals surface area contributed by atoms with E-state index in [4.69, 9.17) is 14.5 Å². The number of amides is 1. The topological polar surface area (TPSA) is 63.2 Å². The molecule has 6 nitrogen and oxygen atoms in total. The summed E-state index contributed by atoms with van der Waals surface area (Å²) in [7, 11) is 5.51. The van der Waals surface area contributed by atoms with Crippen molar-refractivity contribution < 1.29 is 14.3 Å². The Labute approximate surface area is 190 Å². The Morgan fingerprint density at radius 3 is 2.56 bits per heavy atom. The number of methoxy groups -OCH3 is 2. The van der Waals surface area contributed by atoms with Crippen molar-refractivity contribution in [3.05, 3.63) is 53.1 Å². The lowest BCUT2D eigenvalue weighted by Gasteiger charge is -2.39. The number of carbonyl (C=O) groups is 1. The molecule has 2 aromatic rings. The first kappa shape index (κ1) is 22.3. The summed E-state index contributed by atoms with van der Waals surface area (Å²) < 4.78 is 11.2. The predicted octanol–water partition coefficient (Wildman–Crippen LogP) is 4.47. The van der Waals surface area contributed by atoms with Crippen molar-refractivity contribution >= 4 is 17.3 Å². The van der Waals surface area contributed by atoms with Crippen molar-refractivity contribution in [1.82, 2.24) is 4.90 Å². The second kappa shape index (κ2) is 9.74. The lowest BCUT2D eigenvalue weighted by Crippen LogP contribution is -2.41. The van der Waals surface area contributed by atoms with E-state index < -0.39 is 0 Å². The molecule has 2 aliphatic rings. The van der Waals surface area contributed by atoms with Crippen LogP contribution < -0.4 is 14.8 Å². The number of anilines is 1. The molecule has 1 N–H and O–H groups in total. The zero-order chi connectivity index (χ0) is 22.7. The van der Waals surface area contributed by atoms with Gasteiger partial charge < -0.3 is 19.7 Å². The second-order valence-corrected chi connectivity index (χ2v) is 8.73. The van der Waals surface area contributed by atoms with Gasteiger partial charge in [0.25, 0.3) is 0 Å². The number of likely N-dealkylation sites (tertiary alicyclic amines) is 1. The third-order valence-corrected chi connectivity index (χ3v) is 6.48. The fourth-order valence-corrected chi connectivity index (χ4v) is 4.71. The monoisotopic (exact) mass is 435 g/mol. The molecule has 32 heavy (non-hydrogen) atoms. The minimum absolute atomic E-state index is 0.0611. The van der Waals surface area contributed by atoms with Crippen LogP contribution in [0.25, 0.3) is 0 Å². The third kappa shape index (κ3) is 4.51. The van der Waals surface area contributed by atoms with Crippen molar-refractivity contribution in [1.29, 1.82) is 0 Å². The van der Waals surface area contributed by atoms with Gasteiger partial charge in [0.05, 0.1) is 26.0 Å².